The van der Waals surface area contributed by atoms with Crippen LogP contribution in [0.5, 0.6) is 0 Å². The summed E-state index contributed by atoms with van der Waals surface area (Å²) in [6.45, 7) is 4.82. The fourth-order valence-corrected chi connectivity index (χ4v) is 4.83. The number of rotatable bonds is 6. The van der Waals surface area contributed by atoms with E-state index >= 15 is 0 Å². The number of aromatic nitrogens is 2. The number of fused-ring (bicyclic) bond motifs is 1. The zero-order chi connectivity index (χ0) is 20.4. The van der Waals surface area contributed by atoms with Crippen LogP contribution in [0, 0.1) is 0 Å². The first-order valence-electron chi connectivity index (χ1n) is 9.91. The van der Waals surface area contributed by atoms with E-state index in [1.54, 1.807) is 29.5 Å². The molecule has 0 spiro atoms. The lowest BCUT2D eigenvalue weighted by molar-refractivity contribution is 0.0938. The van der Waals surface area contributed by atoms with Gasteiger partial charge in [-0.15, -0.1) is 11.3 Å². The van der Waals surface area contributed by atoms with E-state index in [4.69, 9.17) is 0 Å². The first kappa shape index (κ1) is 19.6. The highest BCUT2D eigenvalue weighted by Crippen LogP contribution is 2.28. The molecule has 4 rings (SSSR count). The number of hydrogen-bond acceptors (Lipinski definition) is 5. The number of aromatic amines is 1. The van der Waals surface area contributed by atoms with Gasteiger partial charge in [0.1, 0.15) is 0 Å². The quantitative estimate of drug-likeness (QED) is 0.609. The lowest BCUT2D eigenvalue weighted by Gasteiger charge is -2.27. The SMILES string of the molecule is CCn1c(=O)c(=O)[nH]c2cc(C(=O)NCC(c3cccs3)N3CCCC3)ccc21. The number of H-pyrrole nitrogens is 1. The first-order chi connectivity index (χ1) is 14.1. The van der Waals surface area contributed by atoms with Gasteiger partial charge in [-0.05, 0) is 62.5 Å². The average molecular weight is 413 g/mol. The second kappa shape index (κ2) is 8.34. The molecule has 0 saturated carbocycles. The van der Waals surface area contributed by atoms with Crippen molar-refractivity contribution in [2.24, 2.45) is 0 Å². The minimum Gasteiger partial charge on any atom is -0.350 e. The van der Waals surface area contributed by atoms with Crippen molar-refractivity contribution in [2.75, 3.05) is 19.6 Å². The molecule has 7 nitrogen and oxygen atoms in total. The molecular weight excluding hydrogens is 388 g/mol. The Labute approximate surface area is 172 Å². The lowest BCUT2D eigenvalue weighted by Crippen LogP contribution is -2.37. The standard InChI is InChI=1S/C21H24N4O3S/c1-2-25-16-8-7-14(12-15(16)23-20(27)21(25)28)19(26)22-13-17(18-6-5-11-29-18)24-9-3-4-10-24/h5-8,11-12,17H,2-4,9-10,13H2,1H3,(H,22,26)(H,23,27). The van der Waals surface area contributed by atoms with Gasteiger partial charge in [-0.1, -0.05) is 6.07 Å². The molecule has 8 heteroatoms. The summed E-state index contributed by atoms with van der Waals surface area (Å²) in [5, 5.41) is 5.11. The second-order valence-corrected chi connectivity index (χ2v) is 8.20. The number of hydrogen-bond donors (Lipinski definition) is 2. The molecule has 2 N–H and O–H groups in total. The maximum atomic E-state index is 12.8. The molecule has 3 aromatic rings. The predicted molar refractivity (Wildman–Crippen MR) is 115 cm³/mol. The molecule has 29 heavy (non-hydrogen) atoms. The van der Waals surface area contributed by atoms with Gasteiger partial charge < -0.3 is 14.9 Å². The summed E-state index contributed by atoms with van der Waals surface area (Å²) in [5.74, 6) is -0.192. The van der Waals surface area contributed by atoms with E-state index in [1.807, 2.05) is 13.0 Å². The van der Waals surface area contributed by atoms with Crippen molar-refractivity contribution in [3.8, 4) is 0 Å². The van der Waals surface area contributed by atoms with Gasteiger partial charge in [-0.3, -0.25) is 19.3 Å². The molecule has 1 fully saturated rings. The summed E-state index contributed by atoms with van der Waals surface area (Å²) in [6, 6.07) is 9.36. The number of likely N-dealkylation sites (tertiary alicyclic amines) is 1. The predicted octanol–water partition coefficient (Wildman–Crippen LogP) is 2.34. The second-order valence-electron chi connectivity index (χ2n) is 7.22. The van der Waals surface area contributed by atoms with Gasteiger partial charge in [0.15, 0.2) is 0 Å². The van der Waals surface area contributed by atoms with Gasteiger partial charge in [-0.25, -0.2) is 0 Å². The summed E-state index contributed by atoms with van der Waals surface area (Å²) < 4.78 is 1.41. The zero-order valence-corrected chi connectivity index (χ0v) is 17.1. The molecule has 0 aliphatic carbocycles. The van der Waals surface area contributed by atoms with E-state index in [2.05, 4.69) is 26.6 Å². The Balaban J connectivity index is 1.56. The van der Waals surface area contributed by atoms with Crippen molar-refractivity contribution in [2.45, 2.75) is 32.4 Å². The normalized spacial score (nSPS) is 15.6. The Hall–Kier alpha value is -2.71. The number of carbonyl (C=O) groups is 1. The molecule has 0 radical (unpaired) electrons. The van der Waals surface area contributed by atoms with Gasteiger partial charge in [-0.2, -0.15) is 0 Å². The minimum atomic E-state index is -0.677. The Kier molecular flexibility index (Phi) is 5.64. The molecule has 152 valence electrons. The van der Waals surface area contributed by atoms with E-state index in [9.17, 15) is 14.4 Å². The maximum Gasteiger partial charge on any atom is 0.316 e. The fraction of sp³-hybridized carbons (Fsp3) is 0.381. The third kappa shape index (κ3) is 3.90. The van der Waals surface area contributed by atoms with Crippen LogP contribution in [0.1, 0.15) is 41.0 Å². The lowest BCUT2D eigenvalue weighted by atomic mass is 10.1. The fourth-order valence-electron chi connectivity index (χ4n) is 3.97. The topological polar surface area (TPSA) is 87.2 Å². The highest BCUT2D eigenvalue weighted by atomic mass is 32.1. The van der Waals surface area contributed by atoms with Crippen LogP contribution >= 0.6 is 11.3 Å². The highest BCUT2D eigenvalue weighted by molar-refractivity contribution is 7.10. The minimum absolute atomic E-state index is 0.173. The molecule has 1 amide bonds. The highest BCUT2D eigenvalue weighted by Gasteiger charge is 2.25. The number of aryl methyl sites for hydroxylation is 1. The average Bonchev–Trinajstić information content (AvgIpc) is 3.43. The van der Waals surface area contributed by atoms with Gasteiger partial charge >= 0.3 is 11.1 Å². The molecule has 0 bridgehead atoms. The van der Waals surface area contributed by atoms with Crippen molar-refractivity contribution in [3.63, 3.8) is 0 Å². The van der Waals surface area contributed by atoms with Crippen molar-refractivity contribution in [1.82, 2.24) is 19.8 Å². The van der Waals surface area contributed by atoms with Crippen LogP contribution in [0.3, 0.4) is 0 Å². The Morgan fingerprint density at radius 2 is 2.03 bits per heavy atom. The van der Waals surface area contributed by atoms with E-state index in [0.29, 0.717) is 29.7 Å². The number of nitrogens with one attached hydrogen (secondary N) is 2. The maximum absolute atomic E-state index is 12.8. The summed E-state index contributed by atoms with van der Waals surface area (Å²) in [7, 11) is 0. The van der Waals surface area contributed by atoms with Crippen LogP contribution in [0.15, 0.2) is 45.3 Å². The van der Waals surface area contributed by atoms with E-state index in [0.717, 1.165) is 13.1 Å². The summed E-state index contributed by atoms with van der Waals surface area (Å²) in [4.78, 5) is 42.9. The third-order valence-corrected chi connectivity index (χ3v) is 6.44. The van der Waals surface area contributed by atoms with Crippen molar-refractivity contribution in [3.05, 3.63) is 66.9 Å². The molecule has 1 unspecified atom stereocenters. The number of nitrogens with zero attached hydrogens (tertiary/aromatic N) is 2. The Bertz CT molecular complexity index is 1130. The summed E-state index contributed by atoms with van der Waals surface area (Å²) in [5.41, 5.74) is 0.298. The van der Waals surface area contributed by atoms with E-state index in [-0.39, 0.29) is 11.9 Å². The van der Waals surface area contributed by atoms with Crippen LogP contribution in [-0.2, 0) is 6.54 Å². The number of amides is 1. The molecular formula is C21H24N4O3S. The number of carbonyl (C=O) groups excluding carboxylic acids is 1. The molecule has 1 aliphatic heterocycles. The first-order valence-corrected chi connectivity index (χ1v) is 10.8. The Morgan fingerprint density at radius 1 is 1.24 bits per heavy atom. The number of benzene rings is 1. The van der Waals surface area contributed by atoms with Gasteiger partial charge in [0.05, 0.1) is 17.1 Å². The van der Waals surface area contributed by atoms with Gasteiger partial charge in [0, 0.05) is 23.5 Å². The molecule has 1 saturated heterocycles. The van der Waals surface area contributed by atoms with E-state index in [1.165, 1.54) is 22.3 Å². The van der Waals surface area contributed by atoms with Gasteiger partial charge in [0.25, 0.3) is 5.91 Å². The zero-order valence-electron chi connectivity index (χ0n) is 16.3. The third-order valence-electron chi connectivity index (χ3n) is 5.46. The summed E-state index contributed by atoms with van der Waals surface area (Å²) in [6.07, 6.45) is 2.37. The molecule has 1 aromatic carbocycles. The van der Waals surface area contributed by atoms with Gasteiger partial charge in [0.2, 0.25) is 0 Å². The van der Waals surface area contributed by atoms with Crippen LogP contribution < -0.4 is 16.4 Å². The van der Waals surface area contributed by atoms with Crippen LogP contribution in [-0.4, -0.2) is 40.0 Å². The van der Waals surface area contributed by atoms with Crippen LogP contribution in [0.25, 0.3) is 11.0 Å². The number of thiophene rings is 1. The molecule has 3 heterocycles. The Morgan fingerprint density at radius 3 is 2.72 bits per heavy atom. The molecule has 1 atom stereocenters. The molecule has 1 aliphatic rings. The van der Waals surface area contributed by atoms with Crippen LogP contribution in [0.4, 0.5) is 0 Å². The largest absolute Gasteiger partial charge is 0.350 e. The van der Waals surface area contributed by atoms with E-state index < -0.39 is 11.1 Å². The monoisotopic (exact) mass is 412 g/mol. The van der Waals surface area contributed by atoms with Crippen molar-refractivity contribution < 1.29 is 4.79 Å². The molecule has 2 aromatic heterocycles. The van der Waals surface area contributed by atoms with Crippen molar-refractivity contribution in [1.29, 1.82) is 0 Å². The smallest absolute Gasteiger partial charge is 0.316 e. The van der Waals surface area contributed by atoms with Crippen LogP contribution in [0.2, 0.25) is 0 Å². The van der Waals surface area contributed by atoms with Crippen molar-refractivity contribution >= 4 is 28.3 Å². The summed E-state index contributed by atoms with van der Waals surface area (Å²) >= 11 is 1.71.